The standard InChI is InChI=1S/C15H22N2O4S2/c18-22(19,16-13-6-1-2-7-13)14-8-5-9-15(12-14)23(20,21)17-10-3-4-11-17/h5,8-9,12-13,16H,1-4,6-7,10-11H2. The highest BCUT2D eigenvalue weighted by Gasteiger charge is 2.29. The molecule has 1 saturated heterocycles. The van der Waals surface area contributed by atoms with Crippen LogP contribution in [0.3, 0.4) is 0 Å². The molecular formula is C15H22N2O4S2. The molecule has 6 nitrogen and oxygen atoms in total. The molecule has 23 heavy (non-hydrogen) atoms. The van der Waals surface area contributed by atoms with E-state index in [-0.39, 0.29) is 15.8 Å². The average Bonchev–Trinajstić information content (AvgIpc) is 3.20. The number of benzene rings is 1. The molecule has 3 rings (SSSR count). The summed E-state index contributed by atoms with van der Waals surface area (Å²) in [5, 5.41) is 0. The molecule has 1 aliphatic heterocycles. The van der Waals surface area contributed by atoms with Crippen LogP contribution in [0.2, 0.25) is 0 Å². The molecule has 1 saturated carbocycles. The third-order valence-corrected chi connectivity index (χ3v) is 7.91. The Morgan fingerprint density at radius 2 is 1.52 bits per heavy atom. The summed E-state index contributed by atoms with van der Waals surface area (Å²) >= 11 is 0. The minimum atomic E-state index is -3.68. The zero-order chi connectivity index (χ0) is 16.5. The average molecular weight is 358 g/mol. The van der Waals surface area contributed by atoms with E-state index in [0.717, 1.165) is 38.5 Å². The molecule has 1 heterocycles. The van der Waals surface area contributed by atoms with E-state index in [1.54, 1.807) is 0 Å². The van der Waals surface area contributed by atoms with Gasteiger partial charge in [0, 0.05) is 19.1 Å². The second kappa shape index (κ2) is 6.51. The summed E-state index contributed by atoms with van der Waals surface area (Å²) in [5.41, 5.74) is 0. The maximum Gasteiger partial charge on any atom is 0.243 e. The summed E-state index contributed by atoms with van der Waals surface area (Å²) in [5.74, 6) is 0. The fourth-order valence-corrected chi connectivity index (χ4v) is 6.20. The molecule has 1 N–H and O–H groups in total. The van der Waals surface area contributed by atoms with Crippen molar-refractivity contribution in [3.05, 3.63) is 24.3 Å². The Bertz CT molecular complexity index is 762. The molecule has 0 amide bonds. The number of rotatable bonds is 5. The number of hydrogen-bond donors (Lipinski definition) is 1. The van der Waals surface area contributed by atoms with Gasteiger partial charge in [-0.15, -0.1) is 0 Å². The number of hydrogen-bond acceptors (Lipinski definition) is 4. The van der Waals surface area contributed by atoms with Crippen LogP contribution in [-0.2, 0) is 20.0 Å². The molecule has 0 aromatic heterocycles. The van der Waals surface area contributed by atoms with Gasteiger partial charge >= 0.3 is 0 Å². The maximum absolute atomic E-state index is 12.6. The first kappa shape index (κ1) is 16.9. The first-order valence-corrected chi connectivity index (χ1v) is 10.9. The molecule has 2 fully saturated rings. The van der Waals surface area contributed by atoms with Crippen molar-refractivity contribution in [2.24, 2.45) is 0 Å². The highest BCUT2D eigenvalue weighted by Crippen LogP contribution is 2.24. The van der Waals surface area contributed by atoms with E-state index < -0.39 is 20.0 Å². The third kappa shape index (κ3) is 3.60. The van der Waals surface area contributed by atoms with Crippen molar-refractivity contribution in [2.45, 2.75) is 54.4 Å². The molecule has 0 atom stereocenters. The van der Waals surface area contributed by atoms with Crippen molar-refractivity contribution in [1.82, 2.24) is 9.03 Å². The van der Waals surface area contributed by atoms with Crippen LogP contribution in [0.5, 0.6) is 0 Å². The Hall–Kier alpha value is -0.960. The van der Waals surface area contributed by atoms with Crippen LogP contribution in [0.15, 0.2) is 34.1 Å². The molecule has 1 aliphatic carbocycles. The van der Waals surface area contributed by atoms with Crippen LogP contribution in [0, 0.1) is 0 Å². The summed E-state index contributed by atoms with van der Waals surface area (Å²) in [7, 11) is -7.29. The minimum Gasteiger partial charge on any atom is -0.208 e. The SMILES string of the molecule is O=S(=O)(NC1CCCC1)c1cccc(S(=O)(=O)N2CCCC2)c1. The lowest BCUT2D eigenvalue weighted by Gasteiger charge is -2.17. The van der Waals surface area contributed by atoms with Crippen molar-refractivity contribution in [3.8, 4) is 0 Å². The van der Waals surface area contributed by atoms with Crippen molar-refractivity contribution in [2.75, 3.05) is 13.1 Å². The smallest absolute Gasteiger partial charge is 0.208 e. The monoisotopic (exact) mass is 358 g/mol. The van der Waals surface area contributed by atoms with Gasteiger partial charge in [-0.2, -0.15) is 4.31 Å². The Balaban J connectivity index is 1.87. The van der Waals surface area contributed by atoms with Crippen LogP contribution in [0.4, 0.5) is 0 Å². The van der Waals surface area contributed by atoms with Gasteiger partial charge in [-0.1, -0.05) is 18.9 Å². The second-order valence-corrected chi connectivity index (χ2v) is 9.84. The largest absolute Gasteiger partial charge is 0.243 e. The van der Waals surface area contributed by atoms with E-state index in [0.29, 0.717) is 13.1 Å². The van der Waals surface area contributed by atoms with Gasteiger partial charge < -0.3 is 0 Å². The topological polar surface area (TPSA) is 83.5 Å². The highest BCUT2D eigenvalue weighted by atomic mass is 32.2. The minimum absolute atomic E-state index is 0.0182. The molecule has 1 aromatic carbocycles. The Morgan fingerprint density at radius 3 is 2.17 bits per heavy atom. The lowest BCUT2D eigenvalue weighted by Crippen LogP contribution is -2.33. The van der Waals surface area contributed by atoms with E-state index in [9.17, 15) is 16.8 Å². The van der Waals surface area contributed by atoms with Crippen LogP contribution in [-0.4, -0.2) is 40.3 Å². The Labute approximate surface area is 138 Å². The maximum atomic E-state index is 12.6. The molecule has 1 aromatic rings. The fraction of sp³-hybridized carbons (Fsp3) is 0.600. The van der Waals surface area contributed by atoms with Crippen LogP contribution in [0.25, 0.3) is 0 Å². The Kier molecular flexibility index (Phi) is 4.78. The van der Waals surface area contributed by atoms with Crippen LogP contribution in [0.1, 0.15) is 38.5 Å². The summed E-state index contributed by atoms with van der Waals surface area (Å²) in [6.45, 7) is 0.999. The van der Waals surface area contributed by atoms with Gasteiger partial charge in [0.15, 0.2) is 0 Å². The van der Waals surface area contributed by atoms with E-state index in [1.165, 1.54) is 28.6 Å². The second-order valence-electron chi connectivity index (χ2n) is 6.19. The van der Waals surface area contributed by atoms with Gasteiger partial charge in [-0.3, -0.25) is 0 Å². The molecule has 2 aliphatic rings. The normalized spacial score (nSPS) is 21.0. The molecule has 128 valence electrons. The van der Waals surface area contributed by atoms with Crippen molar-refractivity contribution in [1.29, 1.82) is 0 Å². The molecule has 0 spiro atoms. The molecule has 0 bridgehead atoms. The van der Waals surface area contributed by atoms with E-state index in [1.807, 2.05) is 0 Å². The Morgan fingerprint density at radius 1 is 0.913 bits per heavy atom. The van der Waals surface area contributed by atoms with E-state index in [2.05, 4.69) is 4.72 Å². The van der Waals surface area contributed by atoms with Gasteiger partial charge in [-0.05, 0) is 43.9 Å². The van der Waals surface area contributed by atoms with Gasteiger partial charge in [-0.25, -0.2) is 21.6 Å². The summed E-state index contributed by atoms with van der Waals surface area (Å²) in [6, 6.07) is 5.62. The van der Waals surface area contributed by atoms with Crippen molar-refractivity contribution >= 4 is 20.0 Å². The molecular weight excluding hydrogens is 336 g/mol. The van der Waals surface area contributed by atoms with E-state index >= 15 is 0 Å². The lowest BCUT2D eigenvalue weighted by molar-refractivity contribution is 0.477. The lowest BCUT2D eigenvalue weighted by atomic mass is 10.3. The van der Waals surface area contributed by atoms with Gasteiger partial charge in [0.2, 0.25) is 20.0 Å². The predicted molar refractivity (Wildman–Crippen MR) is 87.0 cm³/mol. The number of nitrogens with one attached hydrogen (secondary N) is 1. The summed E-state index contributed by atoms with van der Waals surface area (Å²) in [6.07, 6.45) is 5.42. The number of nitrogens with zero attached hydrogens (tertiary/aromatic N) is 1. The van der Waals surface area contributed by atoms with Crippen molar-refractivity contribution in [3.63, 3.8) is 0 Å². The van der Waals surface area contributed by atoms with E-state index in [4.69, 9.17) is 0 Å². The predicted octanol–water partition coefficient (Wildman–Crippen LogP) is 1.69. The van der Waals surface area contributed by atoms with Crippen LogP contribution < -0.4 is 4.72 Å². The zero-order valence-electron chi connectivity index (χ0n) is 12.9. The van der Waals surface area contributed by atoms with Gasteiger partial charge in [0.1, 0.15) is 0 Å². The highest BCUT2D eigenvalue weighted by molar-refractivity contribution is 7.90. The quantitative estimate of drug-likeness (QED) is 0.868. The first-order chi connectivity index (χ1) is 10.9. The van der Waals surface area contributed by atoms with Crippen molar-refractivity contribution < 1.29 is 16.8 Å². The summed E-state index contributed by atoms with van der Waals surface area (Å²) in [4.78, 5) is 0.0679. The first-order valence-electron chi connectivity index (χ1n) is 8.02. The fourth-order valence-electron chi connectivity index (χ4n) is 3.21. The zero-order valence-corrected chi connectivity index (χ0v) is 14.6. The molecule has 8 heteroatoms. The molecule has 0 unspecified atom stereocenters. The number of sulfonamides is 2. The summed E-state index contributed by atoms with van der Waals surface area (Å²) < 4.78 is 54.2. The van der Waals surface area contributed by atoms with Crippen LogP contribution >= 0.6 is 0 Å². The van der Waals surface area contributed by atoms with Gasteiger partial charge in [0.25, 0.3) is 0 Å². The molecule has 0 radical (unpaired) electrons. The third-order valence-electron chi connectivity index (χ3n) is 4.50. The van der Waals surface area contributed by atoms with Gasteiger partial charge in [0.05, 0.1) is 9.79 Å².